The van der Waals surface area contributed by atoms with Crippen LogP contribution in [0.2, 0.25) is 0 Å². The Morgan fingerprint density at radius 3 is 3.00 bits per heavy atom. The Labute approximate surface area is 151 Å². The van der Waals surface area contributed by atoms with E-state index in [4.69, 9.17) is 4.42 Å². The molecular formula is C19H21FN4O2. The normalized spacial score (nSPS) is 16.5. The van der Waals surface area contributed by atoms with Crippen LogP contribution in [0.15, 0.2) is 28.8 Å². The maximum Gasteiger partial charge on any atom is 0.220 e. The molecular weight excluding hydrogens is 335 g/mol. The van der Waals surface area contributed by atoms with E-state index in [0.717, 1.165) is 18.6 Å². The molecule has 1 aromatic carbocycles. The molecule has 136 valence electrons. The molecule has 7 heteroatoms. The first kappa shape index (κ1) is 17.9. The number of aryl methyl sites for hydroxylation is 1. The van der Waals surface area contributed by atoms with Gasteiger partial charge in [0.05, 0.1) is 30.0 Å². The van der Waals surface area contributed by atoms with E-state index in [-0.39, 0.29) is 11.9 Å². The summed E-state index contributed by atoms with van der Waals surface area (Å²) in [5.41, 5.74) is 1.00. The summed E-state index contributed by atoms with van der Waals surface area (Å²) in [4.78, 5) is 20.2. The average Bonchev–Trinajstić information content (AvgIpc) is 3.28. The highest BCUT2D eigenvalue weighted by molar-refractivity contribution is 5.74. The van der Waals surface area contributed by atoms with Crippen LogP contribution in [-0.4, -0.2) is 34.9 Å². The molecule has 2 aromatic rings. The fourth-order valence-electron chi connectivity index (χ4n) is 3.32. The number of amides is 1. The van der Waals surface area contributed by atoms with E-state index in [1.54, 1.807) is 17.2 Å². The van der Waals surface area contributed by atoms with Crippen LogP contribution in [0.25, 0.3) is 0 Å². The van der Waals surface area contributed by atoms with Crippen molar-refractivity contribution in [2.75, 3.05) is 18.0 Å². The van der Waals surface area contributed by atoms with Crippen molar-refractivity contribution in [2.24, 2.45) is 0 Å². The molecule has 0 saturated carbocycles. The summed E-state index contributed by atoms with van der Waals surface area (Å²) in [6.07, 6.45) is 3.21. The third-order valence-corrected chi connectivity index (χ3v) is 4.68. The van der Waals surface area contributed by atoms with E-state index in [9.17, 15) is 14.4 Å². The predicted molar refractivity (Wildman–Crippen MR) is 93.8 cm³/mol. The van der Waals surface area contributed by atoms with Gasteiger partial charge < -0.3 is 14.2 Å². The molecule has 1 aromatic heterocycles. The summed E-state index contributed by atoms with van der Waals surface area (Å²) in [7, 11) is 0. The summed E-state index contributed by atoms with van der Waals surface area (Å²) in [6.45, 7) is 5.12. The topological polar surface area (TPSA) is 73.4 Å². The van der Waals surface area contributed by atoms with E-state index in [1.807, 2.05) is 17.9 Å². The third-order valence-electron chi connectivity index (χ3n) is 4.68. The Balaban J connectivity index is 1.75. The number of rotatable bonds is 5. The molecule has 2 heterocycles. The number of carbonyl (C=O) groups excluding carboxylic acids is 1. The van der Waals surface area contributed by atoms with Gasteiger partial charge in [0.1, 0.15) is 17.6 Å². The van der Waals surface area contributed by atoms with Crippen LogP contribution in [0.4, 0.5) is 10.1 Å². The maximum absolute atomic E-state index is 13.4. The second kappa shape index (κ2) is 7.56. The van der Waals surface area contributed by atoms with Crippen LogP contribution in [0.1, 0.15) is 37.5 Å². The van der Waals surface area contributed by atoms with Gasteiger partial charge in [-0.25, -0.2) is 9.37 Å². The van der Waals surface area contributed by atoms with Gasteiger partial charge in [-0.1, -0.05) is 6.92 Å². The Kier molecular flexibility index (Phi) is 5.21. The van der Waals surface area contributed by atoms with Crippen LogP contribution in [0.5, 0.6) is 0 Å². The molecule has 1 aliphatic rings. The first-order valence-electron chi connectivity index (χ1n) is 8.67. The summed E-state index contributed by atoms with van der Waals surface area (Å²) in [5.74, 6) is 0.839. The minimum atomic E-state index is -0.429. The highest BCUT2D eigenvalue weighted by atomic mass is 19.1. The molecule has 1 amide bonds. The van der Waals surface area contributed by atoms with Crippen molar-refractivity contribution < 1.29 is 13.6 Å². The minimum absolute atomic E-state index is 0.0129. The van der Waals surface area contributed by atoms with E-state index in [0.29, 0.717) is 36.8 Å². The van der Waals surface area contributed by atoms with E-state index in [1.165, 1.54) is 19.1 Å². The average molecular weight is 356 g/mol. The molecule has 1 saturated heterocycles. The van der Waals surface area contributed by atoms with Crippen molar-refractivity contribution in [3.05, 3.63) is 47.4 Å². The molecule has 3 rings (SSSR count). The van der Waals surface area contributed by atoms with Gasteiger partial charge in [0.2, 0.25) is 11.8 Å². The van der Waals surface area contributed by atoms with Gasteiger partial charge in [-0.15, -0.1) is 0 Å². The number of nitrogens with zero attached hydrogens (tertiary/aromatic N) is 4. The number of hydrogen-bond donors (Lipinski definition) is 0. The molecule has 1 fully saturated rings. The predicted octanol–water partition coefficient (Wildman–Crippen LogP) is 2.88. The number of oxazole rings is 1. The lowest BCUT2D eigenvalue weighted by molar-refractivity contribution is -0.131. The van der Waals surface area contributed by atoms with Gasteiger partial charge >= 0.3 is 0 Å². The zero-order valence-electron chi connectivity index (χ0n) is 14.9. The molecule has 1 atom stereocenters. The first-order chi connectivity index (χ1) is 12.5. The van der Waals surface area contributed by atoms with Crippen molar-refractivity contribution in [2.45, 2.75) is 39.3 Å². The fourth-order valence-corrected chi connectivity index (χ4v) is 3.32. The van der Waals surface area contributed by atoms with Crippen LogP contribution in [-0.2, 0) is 17.8 Å². The summed E-state index contributed by atoms with van der Waals surface area (Å²) >= 11 is 0. The van der Waals surface area contributed by atoms with Crippen LogP contribution < -0.4 is 4.90 Å². The number of nitriles is 1. The first-order valence-corrected chi connectivity index (χ1v) is 8.67. The van der Waals surface area contributed by atoms with Crippen molar-refractivity contribution in [3.63, 3.8) is 0 Å². The summed E-state index contributed by atoms with van der Waals surface area (Å²) < 4.78 is 19.0. The van der Waals surface area contributed by atoms with Crippen LogP contribution in [0.3, 0.4) is 0 Å². The highest BCUT2D eigenvalue weighted by Gasteiger charge is 2.31. The van der Waals surface area contributed by atoms with E-state index < -0.39 is 5.82 Å². The minimum Gasteiger partial charge on any atom is -0.444 e. The quantitative estimate of drug-likeness (QED) is 0.824. The van der Waals surface area contributed by atoms with Gasteiger partial charge in [-0.05, 0) is 24.6 Å². The second-order valence-corrected chi connectivity index (χ2v) is 6.38. The SMILES string of the molecule is CCc1cnc(CN(C(C)=O)C2CCN(c3ccc(F)cc3C#N)C2)o1. The Bertz CT molecular complexity index is 842. The molecule has 0 bridgehead atoms. The van der Waals surface area contributed by atoms with Gasteiger partial charge in [-0.3, -0.25) is 4.79 Å². The summed E-state index contributed by atoms with van der Waals surface area (Å²) in [6, 6.07) is 6.24. The Morgan fingerprint density at radius 1 is 1.54 bits per heavy atom. The molecule has 6 nitrogen and oxygen atoms in total. The van der Waals surface area contributed by atoms with Crippen molar-refractivity contribution in [1.82, 2.24) is 9.88 Å². The van der Waals surface area contributed by atoms with Crippen molar-refractivity contribution in [3.8, 4) is 6.07 Å². The number of hydrogen-bond acceptors (Lipinski definition) is 5. The lowest BCUT2D eigenvalue weighted by Gasteiger charge is -2.27. The molecule has 1 aliphatic heterocycles. The Hall–Kier alpha value is -2.88. The van der Waals surface area contributed by atoms with Crippen molar-refractivity contribution in [1.29, 1.82) is 5.26 Å². The van der Waals surface area contributed by atoms with Gasteiger partial charge in [0, 0.05) is 26.4 Å². The maximum atomic E-state index is 13.4. The van der Waals surface area contributed by atoms with Crippen LogP contribution >= 0.6 is 0 Å². The van der Waals surface area contributed by atoms with E-state index >= 15 is 0 Å². The molecule has 1 unspecified atom stereocenters. The van der Waals surface area contributed by atoms with Crippen LogP contribution in [0, 0.1) is 17.1 Å². The monoisotopic (exact) mass is 356 g/mol. The zero-order valence-corrected chi connectivity index (χ0v) is 14.9. The number of carbonyl (C=O) groups is 1. The van der Waals surface area contributed by atoms with Gasteiger partial charge in [0.25, 0.3) is 0 Å². The third kappa shape index (κ3) is 3.69. The molecule has 0 spiro atoms. The zero-order chi connectivity index (χ0) is 18.7. The smallest absolute Gasteiger partial charge is 0.220 e. The number of anilines is 1. The standard InChI is InChI=1S/C19H21FN4O2/c1-3-17-10-22-19(26-17)12-24(13(2)25)16-6-7-23(11-16)18-5-4-15(20)8-14(18)9-21/h4-5,8,10,16H,3,6-7,11-12H2,1-2H3. The lowest BCUT2D eigenvalue weighted by atomic mass is 10.1. The second-order valence-electron chi connectivity index (χ2n) is 6.38. The molecule has 26 heavy (non-hydrogen) atoms. The van der Waals surface area contributed by atoms with Crippen molar-refractivity contribution >= 4 is 11.6 Å². The Morgan fingerprint density at radius 2 is 2.35 bits per heavy atom. The summed E-state index contributed by atoms with van der Waals surface area (Å²) in [5, 5.41) is 9.26. The van der Waals surface area contributed by atoms with Gasteiger partial charge in [0.15, 0.2) is 0 Å². The number of benzene rings is 1. The number of aromatic nitrogens is 1. The fraction of sp³-hybridized carbons (Fsp3) is 0.421. The largest absolute Gasteiger partial charge is 0.444 e. The highest BCUT2D eigenvalue weighted by Crippen LogP contribution is 2.27. The van der Waals surface area contributed by atoms with Gasteiger partial charge in [-0.2, -0.15) is 5.26 Å². The number of halogens is 1. The molecule has 0 aliphatic carbocycles. The molecule has 0 N–H and O–H groups in total. The van der Waals surface area contributed by atoms with E-state index in [2.05, 4.69) is 4.98 Å². The lowest BCUT2D eigenvalue weighted by Crippen LogP contribution is -2.40. The molecule has 0 radical (unpaired) electrons.